The predicted octanol–water partition coefficient (Wildman–Crippen LogP) is 3.34. The van der Waals surface area contributed by atoms with Crippen LogP contribution in [0, 0.1) is 6.92 Å². The van der Waals surface area contributed by atoms with Gasteiger partial charge in [0.1, 0.15) is 0 Å². The minimum atomic E-state index is -0.387. The largest absolute Gasteiger partial charge is 0.369 e. The van der Waals surface area contributed by atoms with Crippen LogP contribution in [0.15, 0.2) is 66.7 Å². The van der Waals surface area contributed by atoms with Crippen LogP contribution in [-0.4, -0.2) is 16.8 Å². The van der Waals surface area contributed by atoms with Crippen LogP contribution in [0.3, 0.4) is 0 Å². The monoisotopic (exact) mass is 345 g/mol. The molecule has 130 valence electrons. The SMILES string of the molecule is Cc1nc(-c2ccccc2)ccc1C(=O)Nc1ccc(CC(N)=O)cc1. The van der Waals surface area contributed by atoms with Gasteiger partial charge in [0, 0.05) is 11.3 Å². The van der Waals surface area contributed by atoms with Gasteiger partial charge >= 0.3 is 0 Å². The van der Waals surface area contributed by atoms with Crippen LogP contribution in [0.25, 0.3) is 11.3 Å². The molecule has 0 atom stereocenters. The van der Waals surface area contributed by atoms with Gasteiger partial charge in [0.2, 0.25) is 5.91 Å². The van der Waals surface area contributed by atoms with Gasteiger partial charge in [0.05, 0.1) is 23.4 Å². The summed E-state index contributed by atoms with van der Waals surface area (Å²) in [7, 11) is 0. The second-order valence-corrected chi connectivity index (χ2v) is 5.99. The van der Waals surface area contributed by atoms with E-state index in [9.17, 15) is 9.59 Å². The lowest BCUT2D eigenvalue weighted by Gasteiger charge is -2.09. The van der Waals surface area contributed by atoms with E-state index in [1.807, 2.05) is 43.3 Å². The molecule has 26 heavy (non-hydrogen) atoms. The number of hydrogen-bond donors (Lipinski definition) is 2. The summed E-state index contributed by atoms with van der Waals surface area (Å²) in [5, 5.41) is 2.84. The third kappa shape index (κ3) is 4.13. The van der Waals surface area contributed by atoms with Crippen LogP contribution in [-0.2, 0) is 11.2 Å². The minimum Gasteiger partial charge on any atom is -0.369 e. The number of nitrogens with two attached hydrogens (primary N) is 1. The third-order valence-corrected chi connectivity index (χ3v) is 3.99. The molecule has 0 aliphatic rings. The first-order valence-corrected chi connectivity index (χ1v) is 8.24. The number of nitrogens with zero attached hydrogens (tertiary/aromatic N) is 1. The topological polar surface area (TPSA) is 85.1 Å². The van der Waals surface area contributed by atoms with E-state index >= 15 is 0 Å². The lowest BCUT2D eigenvalue weighted by atomic mass is 10.1. The van der Waals surface area contributed by atoms with Gasteiger partial charge in [-0.2, -0.15) is 0 Å². The quantitative estimate of drug-likeness (QED) is 0.744. The van der Waals surface area contributed by atoms with E-state index in [1.165, 1.54) is 0 Å². The van der Waals surface area contributed by atoms with E-state index in [-0.39, 0.29) is 18.2 Å². The van der Waals surface area contributed by atoms with Gasteiger partial charge in [0.15, 0.2) is 0 Å². The summed E-state index contributed by atoms with van der Waals surface area (Å²) in [6.07, 6.45) is 0.179. The molecular weight excluding hydrogens is 326 g/mol. The molecule has 1 aromatic heterocycles. The molecule has 1 heterocycles. The first-order chi connectivity index (χ1) is 12.5. The average Bonchev–Trinajstić information content (AvgIpc) is 2.63. The summed E-state index contributed by atoms with van der Waals surface area (Å²) < 4.78 is 0. The lowest BCUT2D eigenvalue weighted by Crippen LogP contribution is -2.15. The Bertz CT molecular complexity index is 935. The van der Waals surface area contributed by atoms with E-state index in [0.717, 1.165) is 16.8 Å². The van der Waals surface area contributed by atoms with Gasteiger partial charge in [-0.05, 0) is 36.8 Å². The zero-order chi connectivity index (χ0) is 18.5. The number of benzene rings is 2. The van der Waals surface area contributed by atoms with Crippen molar-refractivity contribution >= 4 is 17.5 Å². The van der Waals surface area contributed by atoms with Crippen LogP contribution in [0.2, 0.25) is 0 Å². The summed E-state index contributed by atoms with van der Waals surface area (Å²) in [6.45, 7) is 1.82. The lowest BCUT2D eigenvalue weighted by molar-refractivity contribution is -0.117. The highest BCUT2D eigenvalue weighted by atomic mass is 16.2. The van der Waals surface area contributed by atoms with Crippen molar-refractivity contribution in [3.8, 4) is 11.3 Å². The van der Waals surface area contributed by atoms with Crippen molar-refractivity contribution in [3.05, 3.63) is 83.6 Å². The fraction of sp³-hybridized carbons (Fsp3) is 0.0952. The van der Waals surface area contributed by atoms with Crippen LogP contribution >= 0.6 is 0 Å². The Morgan fingerprint density at radius 3 is 2.27 bits per heavy atom. The molecule has 0 saturated carbocycles. The van der Waals surface area contributed by atoms with Gasteiger partial charge in [-0.25, -0.2) is 0 Å². The zero-order valence-corrected chi connectivity index (χ0v) is 14.4. The van der Waals surface area contributed by atoms with E-state index < -0.39 is 0 Å². The van der Waals surface area contributed by atoms with Crippen molar-refractivity contribution in [2.24, 2.45) is 5.73 Å². The summed E-state index contributed by atoms with van der Waals surface area (Å²) in [6, 6.07) is 20.5. The predicted molar refractivity (Wildman–Crippen MR) is 102 cm³/mol. The third-order valence-electron chi connectivity index (χ3n) is 3.99. The molecule has 5 heteroatoms. The number of aromatic nitrogens is 1. The normalized spacial score (nSPS) is 10.3. The van der Waals surface area contributed by atoms with Crippen molar-refractivity contribution in [2.75, 3.05) is 5.32 Å². The molecule has 0 saturated heterocycles. The van der Waals surface area contributed by atoms with Crippen molar-refractivity contribution in [2.45, 2.75) is 13.3 Å². The van der Waals surface area contributed by atoms with Crippen LogP contribution < -0.4 is 11.1 Å². The standard InChI is InChI=1S/C21H19N3O2/c1-14-18(11-12-19(23-14)16-5-3-2-4-6-16)21(26)24-17-9-7-15(8-10-17)13-20(22)25/h2-12H,13H2,1H3,(H2,22,25)(H,24,26). The molecule has 0 aliphatic heterocycles. The zero-order valence-electron chi connectivity index (χ0n) is 14.4. The van der Waals surface area contributed by atoms with Crippen LogP contribution in [0.1, 0.15) is 21.6 Å². The molecule has 0 bridgehead atoms. The summed E-state index contributed by atoms with van der Waals surface area (Å²) in [5.74, 6) is -0.612. The maximum atomic E-state index is 12.5. The molecule has 0 radical (unpaired) electrons. The average molecular weight is 345 g/mol. The van der Waals surface area contributed by atoms with Crippen molar-refractivity contribution < 1.29 is 9.59 Å². The molecule has 2 amide bonds. The number of amides is 2. The number of primary amides is 1. The number of anilines is 1. The molecule has 5 nitrogen and oxygen atoms in total. The highest BCUT2D eigenvalue weighted by Gasteiger charge is 2.12. The van der Waals surface area contributed by atoms with Crippen LogP contribution in [0.5, 0.6) is 0 Å². The van der Waals surface area contributed by atoms with Crippen molar-refractivity contribution in [3.63, 3.8) is 0 Å². The highest BCUT2D eigenvalue weighted by molar-refractivity contribution is 6.05. The Kier molecular flexibility index (Phi) is 5.08. The molecule has 0 fully saturated rings. The Morgan fingerprint density at radius 2 is 1.65 bits per heavy atom. The number of carbonyl (C=O) groups is 2. The fourth-order valence-electron chi connectivity index (χ4n) is 2.68. The first-order valence-electron chi connectivity index (χ1n) is 8.24. The summed E-state index contributed by atoms with van der Waals surface area (Å²) in [5.41, 5.74) is 9.65. The van der Waals surface area contributed by atoms with E-state index in [2.05, 4.69) is 10.3 Å². The van der Waals surface area contributed by atoms with Crippen molar-refractivity contribution in [1.82, 2.24) is 4.98 Å². The highest BCUT2D eigenvalue weighted by Crippen LogP contribution is 2.19. The van der Waals surface area contributed by atoms with E-state index in [4.69, 9.17) is 5.73 Å². The van der Waals surface area contributed by atoms with Crippen molar-refractivity contribution in [1.29, 1.82) is 0 Å². The molecule has 3 N–H and O–H groups in total. The summed E-state index contributed by atoms with van der Waals surface area (Å²) in [4.78, 5) is 28.0. The van der Waals surface area contributed by atoms with Gasteiger partial charge in [-0.1, -0.05) is 42.5 Å². The Balaban J connectivity index is 1.74. The van der Waals surface area contributed by atoms with Gasteiger partial charge in [-0.3, -0.25) is 14.6 Å². The molecule has 0 unspecified atom stereocenters. The van der Waals surface area contributed by atoms with E-state index in [1.54, 1.807) is 30.3 Å². The molecule has 3 rings (SSSR count). The number of rotatable bonds is 5. The smallest absolute Gasteiger partial charge is 0.257 e. The number of pyridine rings is 1. The number of carbonyl (C=O) groups excluding carboxylic acids is 2. The van der Waals surface area contributed by atoms with Crippen LogP contribution in [0.4, 0.5) is 5.69 Å². The molecule has 3 aromatic rings. The Labute approximate surface area is 151 Å². The second kappa shape index (κ2) is 7.61. The molecular formula is C21H19N3O2. The van der Waals surface area contributed by atoms with Gasteiger partial charge in [0.25, 0.3) is 5.91 Å². The maximum Gasteiger partial charge on any atom is 0.257 e. The molecule has 0 aliphatic carbocycles. The summed E-state index contributed by atoms with van der Waals surface area (Å²) >= 11 is 0. The number of aryl methyl sites for hydroxylation is 1. The number of nitrogens with one attached hydrogen (secondary N) is 1. The fourth-order valence-corrected chi connectivity index (χ4v) is 2.68. The molecule has 2 aromatic carbocycles. The maximum absolute atomic E-state index is 12.5. The Hall–Kier alpha value is -3.47. The minimum absolute atomic E-state index is 0.179. The number of hydrogen-bond acceptors (Lipinski definition) is 3. The van der Waals surface area contributed by atoms with E-state index in [0.29, 0.717) is 16.9 Å². The van der Waals surface area contributed by atoms with Gasteiger partial charge in [-0.15, -0.1) is 0 Å². The Morgan fingerprint density at radius 1 is 0.962 bits per heavy atom. The van der Waals surface area contributed by atoms with Gasteiger partial charge < -0.3 is 11.1 Å². The molecule has 0 spiro atoms. The first kappa shape index (κ1) is 17.4. The second-order valence-electron chi connectivity index (χ2n) is 5.99.